The van der Waals surface area contributed by atoms with Gasteiger partial charge in [0, 0.05) is 11.6 Å². The standard InChI is InChI=1S/C8H12N2S.2ClH/c1-2-4-9-7(3-1)8-10-5-6-11-8;;/h5-7,9H,1-4H2;2*1H. The molecule has 0 amide bonds. The smallest absolute Gasteiger partial charge is 0.109 e. The van der Waals surface area contributed by atoms with E-state index >= 15 is 0 Å². The Bertz CT molecular complexity index is 210. The first-order valence-corrected chi connectivity index (χ1v) is 4.97. The van der Waals surface area contributed by atoms with E-state index in [1.807, 2.05) is 11.6 Å². The summed E-state index contributed by atoms with van der Waals surface area (Å²) in [7, 11) is 0. The summed E-state index contributed by atoms with van der Waals surface area (Å²) in [6.45, 7) is 1.16. The van der Waals surface area contributed by atoms with Crippen molar-refractivity contribution in [1.29, 1.82) is 0 Å². The van der Waals surface area contributed by atoms with E-state index in [4.69, 9.17) is 0 Å². The summed E-state index contributed by atoms with van der Waals surface area (Å²) in [5.41, 5.74) is 0. The minimum Gasteiger partial charge on any atom is -0.308 e. The van der Waals surface area contributed by atoms with Crippen LogP contribution in [0.3, 0.4) is 0 Å². The molecule has 1 aromatic rings. The Morgan fingerprint density at radius 2 is 2.23 bits per heavy atom. The number of nitrogens with one attached hydrogen (secondary N) is 1. The van der Waals surface area contributed by atoms with Crippen molar-refractivity contribution in [2.75, 3.05) is 6.54 Å². The van der Waals surface area contributed by atoms with Gasteiger partial charge in [-0.15, -0.1) is 36.2 Å². The van der Waals surface area contributed by atoms with Crippen LogP contribution in [0.25, 0.3) is 0 Å². The highest BCUT2D eigenvalue weighted by Gasteiger charge is 2.15. The Kier molecular flexibility index (Phi) is 6.68. The van der Waals surface area contributed by atoms with Crippen LogP contribution < -0.4 is 5.32 Å². The molecule has 2 rings (SSSR count). The summed E-state index contributed by atoms with van der Waals surface area (Å²) in [6, 6.07) is 0.545. The molecular formula is C8H14Cl2N2S. The molecule has 0 radical (unpaired) electrons. The fraction of sp³-hybridized carbons (Fsp3) is 0.625. The van der Waals surface area contributed by atoms with Gasteiger partial charge < -0.3 is 5.32 Å². The molecule has 1 atom stereocenters. The van der Waals surface area contributed by atoms with Crippen molar-refractivity contribution in [3.63, 3.8) is 0 Å². The van der Waals surface area contributed by atoms with E-state index < -0.39 is 0 Å². The van der Waals surface area contributed by atoms with E-state index in [1.54, 1.807) is 11.3 Å². The SMILES string of the molecule is Cl.Cl.c1csc(C2CCCCN2)n1. The molecule has 1 N–H and O–H groups in total. The van der Waals surface area contributed by atoms with Crippen LogP contribution in [0.5, 0.6) is 0 Å². The van der Waals surface area contributed by atoms with Gasteiger partial charge in [-0.25, -0.2) is 4.98 Å². The summed E-state index contributed by atoms with van der Waals surface area (Å²) >= 11 is 1.76. The van der Waals surface area contributed by atoms with Gasteiger partial charge in [-0.3, -0.25) is 0 Å². The molecule has 13 heavy (non-hydrogen) atoms. The monoisotopic (exact) mass is 240 g/mol. The third kappa shape index (κ3) is 3.43. The number of hydrogen-bond donors (Lipinski definition) is 1. The van der Waals surface area contributed by atoms with Crippen molar-refractivity contribution in [3.05, 3.63) is 16.6 Å². The average molecular weight is 241 g/mol. The van der Waals surface area contributed by atoms with Gasteiger partial charge in [-0.2, -0.15) is 0 Å². The van der Waals surface area contributed by atoms with Crippen molar-refractivity contribution in [1.82, 2.24) is 10.3 Å². The molecule has 0 aromatic carbocycles. The average Bonchev–Trinajstić information content (AvgIpc) is 2.58. The summed E-state index contributed by atoms with van der Waals surface area (Å²) in [6.07, 6.45) is 5.81. The largest absolute Gasteiger partial charge is 0.308 e. The fourth-order valence-electron chi connectivity index (χ4n) is 1.47. The Hall–Kier alpha value is 0.170. The van der Waals surface area contributed by atoms with Crippen LogP contribution in [-0.4, -0.2) is 11.5 Å². The van der Waals surface area contributed by atoms with Crippen LogP contribution in [0.2, 0.25) is 0 Å². The van der Waals surface area contributed by atoms with E-state index in [-0.39, 0.29) is 24.8 Å². The molecule has 5 heteroatoms. The van der Waals surface area contributed by atoms with Gasteiger partial charge in [0.15, 0.2) is 0 Å². The maximum atomic E-state index is 4.30. The lowest BCUT2D eigenvalue weighted by atomic mass is 10.1. The van der Waals surface area contributed by atoms with Crippen molar-refractivity contribution in [2.24, 2.45) is 0 Å². The van der Waals surface area contributed by atoms with Gasteiger partial charge in [0.05, 0.1) is 6.04 Å². The molecule has 1 aliphatic heterocycles. The molecule has 0 bridgehead atoms. The third-order valence-corrected chi connectivity index (χ3v) is 2.95. The van der Waals surface area contributed by atoms with Crippen molar-refractivity contribution in [2.45, 2.75) is 25.3 Å². The summed E-state index contributed by atoms with van der Waals surface area (Å²) in [5.74, 6) is 0. The molecule has 1 aromatic heterocycles. The van der Waals surface area contributed by atoms with Crippen molar-refractivity contribution < 1.29 is 0 Å². The number of piperidine rings is 1. The van der Waals surface area contributed by atoms with Crippen molar-refractivity contribution >= 4 is 36.2 Å². The van der Waals surface area contributed by atoms with Gasteiger partial charge in [-0.05, 0) is 19.4 Å². The van der Waals surface area contributed by atoms with Crippen LogP contribution in [0.4, 0.5) is 0 Å². The summed E-state index contributed by atoms with van der Waals surface area (Å²) in [5, 5.41) is 6.77. The van der Waals surface area contributed by atoms with Crippen LogP contribution in [0, 0.1) is 0 Å². The first-order chi connectivity index (χ1) is 5.47. The van der Waals surface area contributed by atoms with Gasteiger partial charge in [0.2, 0.25) is 0 Å². The van der Waals surface area contributed by atoms with E-state index in [0.29, 0.717) is 6.04 Å². The van der Waals surface area contributed by atoms with Crippen LogP contribution in [0.15, 0.2) is 11.6 Å². The van der Waals surface area contributed by atoms with Gasteiger partial charge in [0.1, 0.15) is 5.01 Å². The molecular weight excluding hydrogens is 227 g/mol. The second-order valence-electron chi connectivity index (χ2n) is 2.87. The maximum Gasteiger partial charge on any atom is 0.109 e. The number of aromatic nitrogens is 1. The highest BCUT2D eigenvalue weighted by atomic mass is 35.5. The molecule has 0 saturated carbocycles. The van der Waals surface area contributed by atoms with Crippen LogP contribution >= 0.6 is 36.2 Å². The Balaban J connectivity index is 0.000000720. The minimum absolute atomic E-state index is 0. The van der Waals surface area contributed by atoms with Crippen molar-refractivity contribution in [3.8, 4) is 0 Å². The van der Waals surface area contributed by atoms with Gasteiger partial charge in [-0.1, -0.05) is 6.42 Å². The number of hydrogen-bond acceptors (Lipinski definition) is 3. The quantitative estimate of drug-likeness (QED) is 0.817. The molecule has 2 nitrogen and oxygen atoms in total. The Labute approximate surface area is 95.0 Å². The maximum absolute atomic E-state index is 4.30. The minimum atomic E-state index is 0. The van der Waals surface area contributed by atoms with Gasteiger partial charge in [0.25, 0.3) is 0 Å². The topological polar surface area (TPSA) is 24.9 Å². The lowest BCUT2D eigenvalue weighted by Gasteiger charge is -2.20. The summed E-state index contributed by atoms with van der Waals surface area (Å²) < 4.78 is 0. The molecule has 1 aliphatic rings. The highest BCUT2D eigenvalue weighted by Crippen LogP contribution is 2.23. The second kappa shape index (κ2) is 6.60. The molecule has 1 fully saturated rings. The lowest BCUT2D eigenvalue weighted by Crippen LogP contribution is -2.26. The molecule has 1 saturated heterocycles. The number of thiazole rings is 1. The highest BCUT2D eigenvalue weighted by molar-refractivity contribution is 7.09. The molecule has 0 aliphatic carbocycles. The molecule has 1 unspecified atom stereocenters. The lowest BCUT2D eigenvalue weighted by molar-refractivity contribution is 0.411. The van der Waals surface area contributed by atoms with E-state index in [2.05, 4.69) is 10.3 Å². The van der Waals surface area contributed by atoms with Gasteiger partial charge >= 0.3 is 0 Å². The Morgan fingerprint density at radius 1 is 1.38 bits per heavy atom. The third-order valence-electron chi connectivity index (χ3n) is 2.06. The molecule has 0 spiro atoms. The van der Waals surface area contributed by atoms with E-state index in [0.717, 1.165) is 6.54 Å². The zero-order valence-electron chi connectivity index (χ0n) is 7.23. The second-order valence-corrected chi connectivity index (χ2v) is 3.80. The predicted octanol–water partition coefficient (Wildman–Crippen LogP) is 2.80. The summed E-state index contributed by atoms with van der Waals surface area (Å²) in [4.78, 5) is 4.30. The Morgan fingerprint density at radius 3 is 2.77 bits per heavy atom. The van der Waals surface area contributed by atoms with Crippen LogP contribution in [0.1, 0.15) is 30.3 Å². The normalized spacial score (nSPS) is 21.4. The first kappa shape index (κ1) is 13.2. The predicted molar refractivity (Wildman–Crippen MR) is 61.2 cm³/mol. The molecule has 76 valence electrons. The van der Waals surface area contributed by atoms with E-state index in [1.165, 1.54) is 24.3 Å². The van der Waals surface area contributed by atoms with Crippen LogP contribution in [-0.2, 0) is 0 Å². The number of halogens is 2. The zero-order valence-corrected chi connectivity index (χ0v) is 9.68. The fourth-order valence-corrected chi connectivity index (χ4v) is 2.22. The van der Waals surface area contributed by atoms with E-state index in [9.17, 15) is 0 Å². The number of rotatable bonds is 1. The molecule has 2 heterocycles. The first-order valence-electron chi connectivity index (χ1n) is 4.09. The number of nitrogens with zero attached hydrogens (tertiary/aromatic N) is 1. The zero-order chi connectivity index (χ0) is 7.52.